The molecule has 2 N–H and O–H groups in total. The zero-order chi connectivity index (χ0) is 18.2. The summed E-state index contributed by atoms with van der Waals surface area (Å²) in [5.74, 6) is 0.417. The fourth-order valence-corrected chi connectivity index (χ4v) is 2.17. The Hall–Kier alpha value is -3.22. The van der Waals surface area contributed by atoms with E-state index in [9.17, 15) is 9.59 Å². The van der Waals surface area contributed by atoms with Crippen molar-refractivity contribution in [2.75, 3.05) is 20.8 Å². The number of carbonyl (C=O) groups is 2. The lowest BCUT2D eigenvalue weighted by atomic mass is 10.2. The van der Waals surface area contributed by atoms with Crippen LogP contribution >= 0.6 is 0 Å². The number of carbonyl (C=O) groups excluding carboxylic acids is 2. The van der Waals surface area contributed by atoms with Gasteiger partial charge in [0.15, 0.2) is 11.5 Å². The predicted octanol–water partition coefficient (Wildman–Crippen LogP) is 2.18. The van der Waals surface area contributed by atoms with Crippen molar-refractivity contribution in [1.82, 2.24) is 10.9 Å². The lowest BCUT2D eigenvalue weighted by Crippen LogP contribution is -2.41. The molecular weight excluding hydrogens is 324 g/mol. The van der Waals surface area contributed by atoms with Crippen LogP contribution in [0.15, 0.2) is 42.5 Å². The second-order valence-corrected chi connectivity index (χ2v) is 4.91. The zero-order valence-corrected chi connectivity index (χ0v) is 14.3. The average Bonchev–Trinajstić information content (AvgIpc) is 2.65. The van der Waals surface area contributed by atoms with Crippen LogP contribution < -0.4 is 25.1 Å². The van der Waals surface area contributed by atoms with Crippen molar-refractivity contribution in [3.8, 4) is 17.2 Å². The number of nitrogens with one attached hydrogen (secondary N) is 2. The first-order valence-corrected chi connectivity index (χ1v) is 7.65. The van der Waals surface area contributed by atoms with Gasteiger partial charge in [-0.2, -0.15) is 0 Å². The number of hydrogen-bond acceptors (Lipinski definition) is 5. The van der Waals surface area contributed by atoms with Gasteiger partial charge in [-0.05, 0) is 37.3 Å². The van der Waals surface area contributed by atoms with E-state index >= 15 is 0 Å². The van der Waals surface area contributed by atoms with Crippen LogP contribution in [0.25, 0.3) is 0 Å². The summed E-state index contributed by atoms with van der Waals surface area (Å²) in [6, 6.07) is 11.5. The maximum Gasteiger partial charge on any atom is 0.273 e. The van der Waals surface area contributed by atoms with Crippen LogP contribution in [0.1, 0.15) is 27.6 Å². The van der Waals surface area contributed by atoms with Gasteiger partial charge >= 0.3 is 0 Å². The van der Waals surface area contributed by atoms with Crippen LogP contribution in [0.3, 0.4) is 0 Å². The van der Waals surface area contributed by atoms with Gasteiger partial charge in [-0.15, -0.1) is 0 Å². The second kappa shape index (κ2) is 8.58. The van der Waals surface area contributed by atoms with Crippen molar-refractivity contribution < 1.29 is 23.8 Å². The Morgan fingerprint density at radius 2 is 1.56 bits per heavy atom. The molecule has 0 bridgehead atoms. The molecule has 0 saturated heterocycles. The van der Waals surface area contributed by atoms with E-state index in [4.69, 9.17) is 14.2 Å². The fourth-order valence-electron chi connectivity index (χ4n) is 2.17. The molecule has 2 rings (SSSR count). The molecule has 7 nitrogen and oxygen atoms in total. The molecule has 2 aromatic rings. The Morgan fingerprint density at radius 3 is 2.24 bits per heavy atom. The van der Waals surface area contributed by atoms with Crippen molar-refractivity contribution in [3.05, 3.63) is 53.6 Å². The molecule has 0 aliphatic heterocycles. The van der Waals surface area contributed by atoms with E-state index in [-0.39, 0.29) is 0 Å². The summed E-state index contributed by atoms with van der Waals surface area (Å²) in [5.41, 5.74) is 5.38. The third kappa shape index (κ3) is 4.41. The maximum absolute atomic E-state index is 12.2. The number of methoxy groups -OCH3 is 2. The summed E-state index contributed by atoms with van der Waals surface area (Å²) >= 11 is 0. The molecule has 0 aliphatic rings. The van der Waals surface area contributed by atoms with Crippen molar-refractivity contribution in [3.63, 3.8) is 0 Å². The third-order valence-electron chi connectivity index (χ3n) is 3.37. The smallest absolute Gasteiger partial charge is 0.273 e. The Bertz CT molecular complexity index is 761. The van der Waals surface area contributed by atoms with Crippen LogP contribution in [0.4, 0.5) is 0 Å². The normalized spacial score (nSPS) is 9.88. The lowest BCUT2D eigenvalue weighted by molar-refractivity contribution is 0.0844. The SMILES string of the molecule is CCOc1ccccc1C(=O)NNC(=O)c1ccc(OC)c(OC)c1. The van der Waals surface area contributed by atoms with E-state index in [0.29, 0.717) is 35.0 Å². The number of rotatable bonds is 6. The Kier molecular flexibility index (Phi) is 6.22. The van der Waals surface area contributed by atoms with Crippen molar-refractivity contribution in [2.45, 2.75) is 6.92 Å². The third-order valence-corrected chi connectivity index (χ3v) is 3.37. The summed E-state index contributed by atoms with van der Waals surface area (Å²) in [6.45, 7) is 2.26. The highest BCUT2D eigenvalue weighted by Crippen LogP contribution is 2.27. The molecule has 0 heterocycles. The Labute approximate surface area is 145 Å². The predicted molar refractivity (Wildman–Crippen MR) is 92.1 cm³/mol. The minimum atomic E-state index is -0.483. The standard InChI is InChI=1S/C18H20N2O5/c1-4-25-14-8-6-5-7-13(14)18(22)20-19-17(21)12-9-10-15(23-2)16(11-12)24-3/h5-11H,4H2,1-3H3,(H,19,21)(H,20,22). The van der Waals surface area contributed by atoms with Crippen molar-refractivity contribution in [2.24, 2.45) is 0 Å². The summed E-state index contributed by atoms with van der Waals surface area (Å²) in [7, 11) is 2.99. The van der Waals surface area contributed by atoms with E-state index in [1.165, 1.54) is 20.3 Å². The summed E-state index contributed by atoms with van der Waals surface area (Å²) in [6.07, 6.45) is 0. The van der Waals surface area contributed by atoms with E-state index < -0.39 is 11.8 Å². The molecule has 2 amide bonds. The fraction of sp³-hybridized carbons (Fsp3) is 0.222. The van der Waals surface area contributed by atoms with Gasteiger partial charge < -0.3 is 14.2 Å². The molecule has 7 heteroatoms. The molecule has 0 aliphatic carbocycles. The lowest BCUT2D eigenvalue weighted by Gasteiger charge is -2.12. The number of para-hydroxylation sites is 1. The van der Waals surface area contributed by atoms with E-state index in [1.54, 1.807) is 36.4 Å². The van der Waals surface area contributed by atoms with Gasteiger partial charge in [0.2, 0.25) is 0 Å². The first kappa shape index (κ1) is 18.1. The van der Waals surface area contributed by atoms with Gasteiger partial charge in [-0.3, -0.25) is 20.4 Å². The summed E-state index contributed by atoms with van der Waals surface area (Å²) in [4.78, 5) is 24.5. The monoisotopic (exact) mass is 344 g/mol. The van der Waals surface area contributed by atoms with E-state index in [1.807, 2.05) is 6.92 Å². The highest BCUT2D eigenvalue weighted by Gasteiger charge is 2.14. The van der Waals surface area contributed by atoms with E-state index in [0.717, 1.165) is 0 Å². The van der Waals surface area contributed by atoms with Gasteiger partial charge in [-0.25, -0.2) is 0 Å². The number of amides is 2. The van der Waals surface area contributed by atoms with Crippen LogP contribution in [-0.2, 0) is 0 Å². The molecule has 0 radical (unpaired) electrons. The molecule has 0 atom stereocenters. The number of hydrogen-bond donors (Lipinski definition) is 2. The quantitative estimate of drug-likeness (QED) is 0.785. The van der Waals surface area contributed by atoms with Crippen molar-refractivity contribution in [1.29, 1.82) is 0 Å². The van der Waals surface area contributed by atoms with Crippen LogP contribution in [0, 0.1) is 0 Å². The van der Waals surface area contributed by atoms with E-state index in [2.05, 4.69) is 10.9 Å². The van der Waals surface area contributed by atoms with Gasteiger partial charge in [0, 0.05) is 5.56 Å². The minimum Gasteiger partial charge on any atom is -0.493 e. The molecule has 0 spiro atoms. The molecule has 0 fully saturated rings. The van der Waals surface area contributed by atoms with Gasteiger partial charge in [0.25, 0.3) is 11.8 Å². The molecular formula is C18H20N2O5. The molecule has 132 valence electrons. The highest BCUT2D eigenvalue weighted by atomic mass is 16.5. The van der Waals surface area contributed by atoms with Crippen LogP contribution in [0.2, 0.25) is 0 Å². The summed E-state index contributed by atoms with van der Waals surface area (Å²) < 4.78 is 15.7. The number of benzene rings is 2. The maximum atomic E-state index is 12.2. The molecule has 25 heavy (non-hydrogen) atoms. The zero-order valence-electron chi connectivity index (χ0n) is 14.3. The first-order chi connectivity index (χ1) is 12.1. The van der Waals surface area contributed by atoms with Crippen LogP contribution in [0.5, 0.6) is 17.2 Å². The average molecular weight is 344 g/mol. The summed E-state index contributed by atoms with van der Waals surface area (Å²) in [5, 5.41) is 0. The molecule has 0 saturated carbocycles. The molecule has 0 aromatic heterocycles. The molecule has 0 unspecified atom stereocenters. The number of ether oxygens (including phenoxy) is 3. The largest absolute Gasteiger partial charge is 0.493 e. The number of hydrazine groups is 1. The highest BCUT2D eigenvalue weighted by molar-refractivity contribution is 6.00. The van der Waals surface area contributed by atoms with Gasteiger partial charge in [0.05, 0.1) is 26.4 Å². The minimum absolute atomic E-state index is 0.316. The van der Waals surface area contributed by atoms with Gasteiger partial charge in [-0.1, -0.05) is 12.1 Å². The Morgan fingerprint density at radius 1 is 0.880 bits per heavy atom. The second-order valence-electron chi connectivity index (χ2n) is 4.91. The van der Waals surface area contributed by atoms with Gasteiger partial charge in [0.1, 0.15) is 5.75 Å². The van der Waals surface area contributed by atoms with Crippen molar-refractivity contribution >= 4 is 11.8 Å². The molecule has 2 aromatic carbocycles. The van der Waals surface area contributed by atoms with Crippen LogP contribution in [-0.4, -0.2) is 32.6 Å². The Balaban J connectivity index is 2.06. The first-order valence-electron chi connectivity index (χ1n) is 7.65. The topological polar surface area (TPSA) is 85.9 Å².